The molecule has 0 radical (unpaired) electrons. The molecule has 0 bridgehead atoms. The molecule has 0 atom stereocenters. The van der Waals surface area contributed by atoms with Crippen LogP contribution in [0, 0.1) is 10.1 Å². The molecule has 8 heteroatoms. The number of benzene rings is 1. The van der Waals surface area contributed by atoms with Gasteiger partial charge < -0.3 is 14.6 Å². The van der Waals surface area contributed by atoms with Crippen molar-refractivity contribution in [2.75, 3.05) is 18.0 Å². The molecule has 2 heterocycles. The minimum Gasteiger partial charge on any atom is -0.459 e. The summed E-state index contributed by atoms with van der Waals surface area (Å²) in [6, 6.07) is 7.79. The first kappa shape index (κ1) is 16.7. The number of nitro benzene ring substituents is 1. The third-order valence-electron chi connectivity index (χ3n) is 4.07. The van der Waals surface area contributed by atoms with Crippen molar-refractivity contribution in [2.45, 2.75) is 19.3 Å². The Morgan fingerprint density at radius 1 is 1.32 bits per heavy atom. The summed E-state index contributed by atoms with van der Waals surface area (Å²) in [5, 5.41) is 13.6. The maximum Gasteiger partial charge on any atom is 0.286 e. The van der Waals surface area contributed by atoms with Crippen LogP contribution in [0.4, 0.5) is 11.4 Å². The van der Waals surface area contributed by atoms with Gasteiger partial charge in [-0.2, -0.15) is 0 Å². The van der Waals surface area contributed by atoms with Crippen molar-refractivity contribution in [3.8, 4) is 0 Å². The Morgan fingerprint density at radius 2 is 2.16 bits per heavy atom. The van der Waals surface area contributed by atoms with Crippen LogP contribution in [0.2, 0.25) is 0 Å². The van der Waals surface area contributed by atoms with E-state index in [9.17, 15) is 19.7 Å². The topological polar surface area (TPSA) is 106 Å². The van der Waals surface area contributed by atoms with E-state index >= 15 is 0 Å². The number of non-ortho nitro benzene ring substituents is 1. The minimum atomic E-state index is -0.467. The van der Waals surface area contributed by atoms with E-state index in [2.05, 4.69) is 5.32 Å². The van der Waals surface area contributed by atoms with Gasteiger partial charge in [-0.1, -0.05) is 6.07 Å². The standard InChI is InChI=1S/C17H17N3O5/c21-16(4-1-8-18-17(22)15-3-2-10-25-15)19-9-7-12-5-6-13(20(23)24)11-14(12)19/h2-3,5-6,10-11H,1,4,7-9H2,(H,18,22). The summed E-state index contributed by atoms with van der Waals surface area (Å²) in [5.41, 5.74) is 1.52. The zero-order chi connectivity index (χ0) is 17.8. The summed E-state index contributed by atoms with van der Waals surface area (Å²) in [5.74, 6) is -0.196. The predicted octanol–water partition coefficient (Wildman–Crippen LogP) is 2.29. The average molecular weight is 343 g/mol. The second-order valence-electron chi connectivity index (χ2n) is 5.70. The molecule has 1 aliphatic heterocycles. The maximum atomic E-state index is 12.4. The average Bonchev–Trinajstić information content (AvgIpc) is 3.27. The van der Waals surface area contributed by atoms with Gasteiger partial charge in [-0.15, -0.1) is 0 Å². The van der Waals surface area contributed by atoms with Crippen molar-refractivity contribution in [1.29, 1.82) is 0 Å². The zero-order valence-corrected chi connectivity index (χ0v) is 13.4. The Kier molecular flexibility index (Phi) is 4.78. The van der Waals surface area contributed by atoms with Crippen LogP contribution in [0.15, 0.2) is 41.0 Å². The van der Waals surface area contributed by atoms with E-state index in [-0.39, 0.29) is 29.7 Å². The Labute approximate surface area is 143 Å². The molecule has 1 aliphatic rings. The van der Waals surface area contributed by atoms with Crippen LogP contribution in [-0.2, 0) is 11.2 Å². The van der Waals surface area contributed by atoms with Gasteiger partial charge in [0, 0.05) is 31.6 Å². The van der Waals surface area contributed by atoms with Crippen LogP contribution >= 0.6 is 0 Å². The molecular weight excluding hydrogens is 326 g/mol. The number of nitro groups is 1. The van der Waals surface area contributed by atoms with Crippen LogP contribution in [-0.4, -0.2) is 29.8 Å². The number of nitrogens with one attached hydrogen (secondary N) is 1. The number of furan rings is 1. The van der Waals surface area contributed by atoms with Gasteiger partial charge in [-0.3, -0.25) is 19.7 Å². The van der Waals surface area contributed by atoms with E-state index in [0.717, 1.165) is 5.56 Å². The number of carbonyl (C=O) groups is 2. The molecule has 0 saturated heterocycles. The maximum absolute atomic E-state index is 12.4. The molecule has 130 valence electrons. The molecule has 8 nitrogen and oxygen atoms in total. The molecule has 25 heavy (non-hydrogen) atoms. The largest absolute Gasteiger partial charge is 0.459 e. The predicted molar refractivity (Wildman–Crippen MR) is 89.4 cm³/mol. The van der Waals surface area contributed by atoms with Gasteiger partial charge in [0.2, 0.25) is 5.91 Å². The van der Waals surface area contributed by atoms with Crippen molar-refractivity contribution >= 4 is 23.2 Å². The fraction of sp³-hybridized carbons (Fsp3) is 0.294. The molecule has 0 spiro atoms. The lowest BCUT2D eigenvalue weighted by Gasteiger charge is -2.17. The third-order valence-corrected chi connectivity index (χ3v) is 4.07. The van der Waals surface area contributed by atoms with Gasteiger partial charge in [-0.25, -0.2) is 0 Å². The van der Waals surface area contributed by atoms with Gasteiger partial charge in [0.1, 0.15) is 0 Å². The second kappa shape index (κ2) is 7.16. The molecule has 1 N–H and O–H groups in total. The smallest absolute Gasteiger partial charge is 0.286 e. The molecule has 1 aromatic heterocycles. The summed E-state index contributed by atoms with van der Waals surface area (Å²) < 4.78 is 4.98. The van der Waals surface area contributed by atoms with Gasteiger partial charge in [-0.05, 0) is 30.5 Å². The summed E-state index contributed by atoms with van der Waals surface area (Å²) in [6.07, 6.45) is 2.84. The lowest BCUT2D eigenvalue weighted by Crippen LogP contribution is -2.30. The highest BCUT2D eigenvalue weighted by molar-refractivity contribution is 5.96. The van der Waals surface area contributed by atoms with Gasteiger partial charge >= 0.3 is 0 Å². The van der Waals surface area contributed by atoms with Crippen LogP contribution in [0.5, 0.6) is 0 Å². The number of rotatable bonds is 6. The van der Waals surface area contributed by atoms with Gasteiger partial charge in [0.05, 0.1) is 16.9 Å². The fourth-order valence-corrected chi connectivity index (χ4v) is 2.81. The van der Waals surface area contributed by atoms with E-state index in [1.807, 2.05) is 0 Å². The van der Waals surface area contributed by atoms with E-state index in [0.29, 0.717) is 31.6 Å². The molecule has 0 fully saturated rings. The monoisotopic (exact) mass is 343 g/mol. The first-order valence-electron chi connectivity index (χ1n) is 7.95. The third kappa shape index (κ3) is 3.68. The first-order valence-corrected chi connectivity index (χ1v) is 7.95. The molecule has 2 amide bonds. The fourth-order valence-electron chi connectivity index (χ4n) is 2.81. The summed E-state index contributed by atoms with van der Waals surface area (Å²) >= 11 is 0. The Balaban J connectivity index is 1.52. The number of carbonyl (C=O) groups excluding carboxylic acids is 2. The number of amides is 2. The van der Waals surface area contributed by atoms with E-state index in [1.165, 1.54) is 18.4 Å². The first-order chi connectivity index (χ1) is 12.1. The van der Waals surface area contributed by atoms with Crippen molar-refractivity contribution in [3.63, 3.8) is 0 Å². The van der Waals surface area contributed by atoms with E-state index in [1.54, 1.807) is 23.1 Å². The van der Waals surface area contributed by atoms with Crippen LogP contribution < -0.4 is 10.2 Å². The zero-order valence-electron chi connectivity index (χ0n) is 13.4. The number of hydrogen-bond donors (Lipinski definition) is 1. The number of anilines is 1. The van der Waals surface area contributed by atoms with Crippen LogP contribution in [0.25, 0.3) is 0 Å². The highest BCUT2D eigenvalue weighted by atomic mass is 16.6. The van der Waals surface area contributed by atoms with Gasteiger partial charge in [0.25, 0.3) is 11.6 Å². The van der Waals surface area contributed by atoms with Gasteiger partial charge in [0.15, 0.2) is 5.76 Å². The van der Waals surface area contributed by atoms with Crippen LogP contribution in [0.1, 0.15) is 29.0 Å². The second-order valence-corrected chi connectivity index (χ2v) is 5.70. The quantitative estimate of drug-likeness (QED) is 0.492. The number of hydrogen-bond acceptors (Lipinski definition) is 5. The molecule has 0 unspecified atom stereocenters. The molecule has 1 aromatic carbocycles. The highest BCUT2D eigenvalue weighted by Crippen LogP contribution is 2.32. The number of nitrogens with zero attached hydrogens (tertiary/aromatic N) is 2. The van der Waals surface area contributed by atoms with Crippen LogP contribution in [0.3, 0.4) is 0 Å². The molecule has 2 aromatic rings. The van der Waals surface area contributed by atoms with Crippen molar-refractivity contribution in [3.05, 3.63) is 58.0 Å². The minimum absolute atomic E-state index is 0.0239. The normalized spacial score (nSPS) is 12.7. The Bertz CT molecular complexity index is 801. The molecular formula is C17H17N3O5. The Hall–Kier alpha value is -3.16. The van der Waals surface area contributed by atoms with Crippen molar-refractivity contribution in [1.82, 2.24) is 5.32 Å². The molecule has 0 saturated carbocycles. The van der Waals surface area contributed by atoms with Crippen molar-refractivity contribution in [2.24, 2.45) is 0 Å². The lowest BCUT2D eigenvalue weighted by molar-refractivity contribution is -0.384. The SMILES string of the molecule is O=C(NCCCC(=O)N1CCc2ccc([N+](=O)[O-])cc21)c1ccco1. The van der Waals surface area contributed by atoms with Crippen molar-refractivity contribution < 1.29 is 18.9 Å². The summed E-state index contributed by atoms with van der Waals surface area (Å²) in [4.78, 5) is 36.1. The summed E-state index contributed by atoms with van der Waals surface area (Å²) in [7, 11) is 0. The highest BCUT2D eigenvalue weighted by Gasteiger charge is 2.26. The number of fused-ring (bicyclic) bond motifs is 1. The summed E-state index contributed by atoms with van der Waals surface area (Å²) in [6.45, 7) is 0.870. The Morgan fingerprint density at radius 3 is 2.88 bits per heavy atom. The molecule has 0 aliphatic carbocycles. The van der Waals surface area contributed by atoms with E-state index < -0.39 is 4.92 Å². The van der Waals surface area contributed by atoms with E-state index in [4.69, 9.17) is 4.42 Å². The molecule has 3 rings (SSSR count). The lowest BCUT2D eigenvalue weighted by atomic mass is 10.1.